The monoisotopic (exact) mass is 414 g/mol. The van der Waals surface area contributed by atoms with Crippen LogP contribution in [0.2, 0.25) is 0 Å². The van der Waals surface area contributed by atoms with Gasteiger partial charge in [0.15, 0.2) is 11.9 Å². The third-order valence-electron chi connectivity index (χ3n) is 5.25. The number of aryl methyl sites for hydroxylation is 1. The molecule has 0 aliphatic carbocycles. The second-order valence-corrected chi connectivity index (χ2v) is 7.49. The number of nitrogens with zero attached hydrogens (tertiary/aromatic N) is 2. The van der Waals surface area contributed by atoms with Crippen molar-refractivity contribution in [2.45, 2.75) is 13.0 Å². The molecule has 0 aromatic heterocycles. The summed E-state index contributed by atoms with van der Waals surface area (Å²) in [6.45, 7) is 2.09. The molecule has 0 saturated carbocycles. The summed E-state index contributed by atoms with van der Waals surface area (Å²) in [5.41, 5.74) is 2.90. The first-order valence-electron chi connectivity index (χ1n) is 9.97. The van der Waals surface area contributed by atoms with Crippen LogP contribution in [-0.4, -0.2) is 42.4 Å². The number of hydroxylamine groups is 2. The van der Waals surface area contributed by atoms with Crippen molar-refractivity contribution in [3.63, 3.8) is 0 Å². The Bertz CT molecular complexity index is 1090. The summed E-state index contributed by atoms with van der Waals surface area (Å²) in [5.74, 6) is -1.44. The first-order valence-corrected chi connectivity index (χ1v) is 9.97. The summed E-state index contributed by atoms with van der Waals surface area (Å²) in [6.07, 6.45) is -1.06. The minimum Gasteiger partial charge on any atom is -0.371 e. The summed E-state index contributed by atoms with van der Waals surface area (Å²) in [6, 6.07) is 23.2. The molecule has 0 N–H and O–H groups in total. The van der Waals surface area contributed by atoms with Gasteiger partial charge in [-0.05, 0) is 31.2 Å². The van der Waals surface area contributed by atoms with Crippen LogP contribution >= 0.6 is 0 Å². The summed E-state index contributed by atoms with van der Waals surface area (Å²) in [4.78, 5) is 46.5. The first kappa shape index (κ1) is 20.5. The quantitative estimate of drug-likeness (QED) is 0.433. The molecule has 0 spiro atoms. The molecule has 4 rings (SSSR count). The van der Waals surface area contributed by atoms with Crippen LogP contribution in [0, 0.1) is 6.92 Å². The number of likely N-dealkylation sites (N-methyl/N-ethyl adjacent to an activating group) is 1. The molecule has 1 aliphatic heterocycles. The number of hydrogen-bond donors (Lipinski definition) is 0. The van der Waals surface area contributed by atoms with E-state index in [0.29, 0.717) is 10.6 Å². The van der Waals surface area contributed by atoms with Crippen molar-refractivity contribution < 1.29 is 19.2 Å². The number of carbonyl (C=O) groups excluding carboxylic acids is 3. The SMILES string of the molecule is Cc1ccc(C(=O)[C@@H](CN(C)c2ccccc2)ON2C(=O)c3ccccc3C2=O)cc1. The summed E-state index contributed by atoms with van der Waals surface area (Å²) < 4.78 is 0. The van der Waals surface area contributed by atoms with Gasteiger partial charge in [0.05, 0.1) is 17.7 Å². The second-order valence-electron chi connectivity index (χ2n) is 7.49. The highest BCUT2D eigenvalue weighted by atomic mass is 16.7. The maximum absolute atomic E-state index is 13.3. The lowest BCUT2D eigenvalue weighted by Gasteiger charge is -2.27. The number of anilines is 1. The number of carbonyl (C=O) groups is 3. The Balaban J connectivity index is 1.62. The van der Waals surface area contributed by atoms with Gasteiger partial charge >= 0.3 is 0 Å². The van der Waals surface area contributed by atoms with Crippen molar-refractivity contribution >= 4 is 23.3 Å². The molecule has 1 aliphatic rings. The van der Waals surface area contributed by atoms with E-state index in [0.717, 1.165) is 11.3 Å². The lowest BCUT2D eigenvalue weighted by Crippen LogP contribution is -2.44. The molecule has 1 atom stereocenters. The Labute approximate surface area is 180 Å². The van der Waals surface area contributed by atoms with Gasteiger partial charge < -0.3 is 4.90 Å². The van der Waals surface area contributed by atoms with E-state index >= 15 is 0 Å². The Hall–Kier alpha value is -3.77. The van der Waals surface area contributed by atoms with E-state index < -0.39 is 17.9 Å². The molecule has 3 aromatic carbocycles. The van der Waals surface area contributed by atoms with Gasteiger partial charge in [-0.3, -0.25) is 14.4 Å². The third kappa shape index (κ3) is 4.11. The van der Waals surface area contributed by atoms with E-state index in [2.05, 4.69) is 0 Å². The van der Waals surface area contributed by atoms with Crippen molar-refractivity contribution in [3.8, 4) is 0 Å². The molecular formula is C25H22N2O4. The van der Waals surface area contributed by atoms with Gasteiger partial charge in [0.1, 0.15) is 0 Å². The molecule has 0 saturated heterocycles. The van der Waals surface area contributed by atoms with E-state index in [4.69, 9.17) is 4.84 Å². The van der Waals surface area contributed by atoms with Gasteiger partial charge in [-0.25, -0.2) is 4.84 Å². The van der Waals surface area contributed by atoms with Crippen molar-refractivity contribution in [2.75, 3.05) is 18.5 Å². The molecule has 0 fully saturated rings. The van der Waals surface area contributed by atoms with Gasteiger partial charge in [-0.15, -0.1) is 5.06 Å². The normalized spacial score (nSPS) is 13.8. The highest BCUT2D eigenvalue weighted by Crippen LogP contribution is 2.25. The Morgan fingerprint density at radius 1 is 0.871 bits per heavy atom. The lowest BCUT2D eigenvalue weighted by molar-refractivity contribution is -0.114. The van der Waals surface area contributed by atoms with Gasteiger partial charge in [0.2, 0.25) is 0 Å². The van der Waals surface area contributed by atoms with Crippen LogP contribution in [0.25, 0.3) is 0 Å². The van der Waals surface area contributed by atoms with E-state index in [1.165, 1.54) is 0 Å². The number of imide groups is 1. The van der Waals surface area contributed by atoms with Gasteiger partial charge in [0, 0.05) is 18.3 Å². The molecule has 156 valence electrons. The molecule has 0 unspecified atom stereocenters. The number of Topliss-reactive ketones (excluding diaryl/α,β-unsaturated/α-hetero) is 1. The van der Waals surface area contributed by atoms with Crippen LogP contribution < -0.4 is 4.90 Å². The maximum atomic E-state index is 13.3. The fourth-order valence-corrected chi connectivity index (χ4v) is 3.49. The molecular weight excluding hydrogens is 392 g/mol. The Kier molecular flexibility index (Phi) is 5.64. The zero-order valence-corrected chi connectivity index (χ0v) is 17.3. The van der Waals surface area contributed by atoms with E-state index in [1.807, 2.05) is 61.3 Å². The van der Waals surface area contributed by atoms with Crippen LogP contribution in [-0.2, 0) is 4.84 Å². The number of benzene rings is 3. The van der Waals surface area contributed by atoms with E-state index in [1.54, 1.807) is 36.4 Å². The zero-order chi connectivity index (χ0) is 22.0. The van der Waals surface area contributed by atoms with Crippen LogP contribution in [0.1, 0.15) is 36.6 Å². The predicted molar refractivity (Wildman–Crippen MR) is 117 cm³/mol. The molecule has 1 heterocycles. The largest absolute Gasteiger partial charge is 0.371 e. The fraction of sp³-hybridized carbons (Fsp3) is 0.160. The molecule has 0 bridgehead atoms. The number of amides is 2. The smallest absolute Gasteiger partial charge is 0.285 e. The van der Waals surface area contributed by atoms with Crippen LogP contribution in [0.15, 0.2) is 78.9 Å². The molecule has 6 nitrogen and oxygen atoms in total. The molecule has 2 amide bonds. The number of fused-ring (bicyclic) bond motifs is 1. The number of rotatable bonds is 7. The summed E-state index contributed by atoms with van der Waals surface area (Å²) in [5, 5.41) is 0.709. The molecule has 31 heavy (non-hydrogen) atoms. The number of hydrogen-bond acceptors (Lipinski definition) is 5. The highest BCUT2D eigenvalue weighted by molar-refractivity contribution is 6.20. The molecule has 0 radical (unpaired) electrons. The predicted octanol–water partition coefficient (Wildman–Crippen LogP) is 3.91. The number of para-hydroxylation sites is 1. The average molecular weight is 414 g/mol. The number of ketones is 1. The van der Waals surface area contributed by atoms with Crippen LogP contribution in [0.5, 0.6) is 0 Å². The average Bonchev–Trinajstić information content (AvgIpc) is 3.04. The Morgan fingerprint density at radius 3 is 2.00 bits per heavy atom. The molecule has 6 heteroatoms. The lowest BCUT2D eigenvalue weighted by atomic mass is 10.0. The first-order chi connectivity index (χ1) is 15.0. The van der Waals surface area contributed by atoms with Crippen LogP contribution in [0.3, 0.4) is 0 Å². The third-order valence-corrected chi connectivity index (χ3v) is 5.25. The maximum Gasteiger partial charge on any atom is 0.285 e. The van der Waals surface area contributed by atoms with Crippen LogP contribution in [0.4, 0.5) is 5.69 Å². The second kappa shape index (κ2) is 8.53. The van der Waals surface area contributed by atoms with Gasteiger partial charge in [0.25, 0.3) is 11.8 Å². The Morgan fingerprint density at radius 2 is 1.42 bits per heavy atom. The topological polar surface area (TPSA) is 66.9 Å². The zero-order valence-electron chi connectivity index (χ0n) is 17.3. The van der Waals surface area contributed by atoms with E-state index in [9.17, 15) is 14.4 Å². The summed E-state index contributed by atoms with van der Waals surface area (Å²) in [7, 11) is 1.83. The summed E-state index contributed by atoms with van der Waals surface area (Å²) >= 11 is 0. The van der Waals surface area contributed by atoms with Gasteiger partial charge in [-0.2, -0.15) is 0 Å². The van der Waals surface area contributed by atoms with Crippen molar-refractivity contribution in [2.24, 2.45) is 0 Å². The minimum atomic E-state index is -1.06. The minimum absolute atomic E-state index is 0.157. The van der Waals surface area contributed by atoms with E-state index in [-0.39, 0.29) is 23.5 Å². The van der Waals surface area contributed by atoms with Crippen molar-refractivity contribution in [1.29, 1.82) is 0 Å². The fourth-order valence-electron chi connectivity index (χ4n) is 3.49. The molecule has 3 aromatic rings. The standard InChI is InChI=1S/C25H22N2O4/c1-17-12-14-18(15-13-17)23(28)22(16-26(2)19-8-4-3-5-9-19)31-27-24(29)20-10-6-7-11-21(20)25(27)30/h3-15,22H,16H2,1-2H3/t22-/m1/s1. The highest BCUT2D eigenvalue weighted by Gasteiger charge is 2.39. The van der Waals surface area contributed by atoms with Gasteiger partial charge in [-0.1, -0.05) is 60.2 Å². The van der Waals surface area contributed by atoms with Crippen molar-refractivity contribution in [1.82, 2.24) is 5.06 Å². The van der Waals surface area contributed by atoms with Crippen molar-refractivity contribution in [3.05, 3.63) is 101 Å².